The second-order valence-electron chi connectivity index (χ2n) is 12.0. The molecule has 45 heavy (non-hydrogen) atoms. The summed E-state index contributed by atoms with van der Waals surface area (Å²) in [6.45, 7) is 11.6. The van der Waals surface area contributed by atoms with Crippen LogP contribution in [0.5, 0.6) is 5.75 Å². The topological polar surface area (TPSA) is 122 Å². The predicted molar refractivity (Wildman–Crippen MR) is 181 cm³/mol. The molecule has 0 atom stereocenters. The zero-order chi connectivity index (χ0) is 32.2. The number of benzene rings is 3. The Labute approximate surface area is 265 Å². The van der Waals surface area contributed by atoms with E-state index in [4.69, 9.17) is 14.5 Å². The van der Waals surface area contributed by atoms with Gasteiger partial charge in [-0.1, -0.05) is 57.2 Å². The van der Waals surface area contributed by atoms with Gasteiger partial charge >= 0.3 is 6.03 Å². The third kappa shape index (κ3) is 7.73. The van der Waals surface area contributed by atoms with Gasteiger partial charge in [-0.05, 0) is 53.6 Å². The van der Waals surface area contributed by atoms with E-state index in [9.17, 15) is 13.2 Å². The van der Waals surface area contributed by atoms with Gasteiger partial charge in [0, 0.05) is 30.6 Å². The van der Waals surface area contributed by atoms with Crippen molar-refractivity contribution in [1.29, 1.82) is 0 Å². The Kier molecular flexibility index (Phi) is 9.62. The normalized spacial score (nSPS) is 14.2. The molecule has 0 bridgehead atoms. The van der Waals surface area contributed by atoms with Crippen molar-refractivity contribution in [1.82, 2.24) is 9.88 Å². The van der Waals surface area contributed by atoms with Crippen LogP contribution in [0.4, 0.5) is 21.9 Å². The molecule has 0 spiro atoms. The van der Waals surface area contributed by atoms with Crippen LogP contribution in [0.3, 0.4) is 0 Å². The lowest BCUT2D eigenvalue weighted by molar-refractivity contribution is 0.0336. The summed E-state index contributed by atoms with van der Waals surface area (Å²) >= 11 is 0. The number of morpholine rings is 1. The summed E-state index contributed by atoms with van der Waals surface area (Å²) in [6.07, 6.45) is 0. The smallest absolute Gasteiger partial charge is 0.323 e. The van der Waals surface area contributed by atoms with E-state index >= 15 is 0 Å². The maximum atomic E-state index is 13.5. The van der Waals surface area contributed by atoms with Crippen molar-refractivity contribution in [2.45, 2.75) is 39.7 Å². The van der Waals surface area contributed by atoms with Crippen LogP contribution in [0.15, 0.2) is 66.7 Å². The third-order valence-corrected chi connectivity index (χ3v) is 9.09. The van der Waals surface area contributed by atoms with Crippen LogP contribution in [0.25, 0.3) is 22.0 Å². The number of methoxy groups -OCH3 is 1. The minimum Gasteiger partial charge on any atom is -0.492 e. The number of carbonyl (C=O) groups excluding carboxylic acids is 1. The molecule has 1 aromatic heterocycles. The van der Waals surface area contributed by atoms with Crippen molar-refractivity contribution < 1.29 is 22.7 Å². The molecule has 1 aliphatic rings. The van der Waals surface area contributed by atoms with Crippen LogP contribution in [0.1, 0.15) is 39.0 Å². The average molecular weight is 632 g/mol. The van der Waals surface area contributed by atoms with Crippen molar-refractivity contribution in [3.63, 3.8) is 0 Å². The van der Waals surface area contributed by atoms with Crippen molar-refractivity contribution in [2.24, 2.45) is 0 Å². The van der Waals surface area contributed by atoms with Gasteiger partial charge in [0.1, 0.15) is 0 Å². The molecule has 2 heterocycles. The van der Waals surface area contributed by atoms with Gasteiger partial charge < -0.3 is 20.1 Å². The second kappa shape index (κ2) is 13.4. The van der Waals surface area contributed by atoms with Crippen molar-refractivity contribution >= 4 is 43.9 Å². The number of sulfonamides is 1. The van der Waals surface area contributed by atoms with Crippen LogP contribution < -0.4 is 20.1 Å². The van der Waals surface area contributed by atoms with E-state index in [2.05, 4.69) is 20.3 Å². The molecular weight excluding hydrogens is 590 g/mol. The van der Waals surface area contributed by atoms with E-state index in [1.807, 2.05) is 75.4 Å². The molecular formula is C34H41N5O5S. The van der Waals surface area contributed by atoms with E-state index in [0.29, 0.717) is 11.4 Å². The summed E-state index contributed by atoms with van der Waals surface area (Å²) < 4.78 is 38.6. The molecule has 0 aliphatic carbocycles. The van der Waals surface area contributed by atoms with Crippen LogP contribution in [-0.4, -0.2) is 63.5 Å². The monoisotopic (exact) mass is 631 g/mol. The molecule has 1 aliphatic heterocycles. The number of fused-ring (bicyclic) bond motifs is 1. The van der Waals surface area contributed by atoms with Gasteiger partial charge in [0.15, 0.2) is 5.75 Å². The number of aromatic nitrogens is 1. The predicted octanol–water partition coefficient (Wildman–Crippen LogP) is 6.45. The molecule has 3 N–H and O–H groups in total. The highest BCUT2D eigenvalue weighted by Gasteiger charge is 2.23. The maximum absolute atomic E-state index is 13.5. The number of carbonyl (C=O) groups is 1. The third-order valence-electron chi connectivity index (χ3n) is 7.80. The molecule has 0 saturated carbocycles. The number of amides is 2. The Morgan fingerprint density at radius 1 is 0.933 bits per heavy atom. The van der Waals surface area contributed by atoms with Crippen molar-refractivity contribution in [2.75, 3.05) is 54.5 Å². The first kappa shape index (κ1) is 32.2. The number of urea groups is 1. The second-order valence-corrected chi connectivity index (χ2v) is 14.1. The van der Waals surface area contributed by atoms with Crippen molar-refractivity contribution in [3.05, 3.63) is 78.0 Å². The Balaban J connectivity index is 1.43. The lowest BCUT2D eigenvalue weighted by atomic mass is 9.86. The quantitative estimate of drug-likeness (QED) is 0.194. The number of hydrogen-bond donors (Lipinski definition) is 3. The summed E-state index contributed by atoms with van der Waals surface area (Å²) in [5.41, 5.74) is 4.54. The van der Waals surface area contributed by atoms with Gasteiger partial charge in [-0.2, -0.15) is 0 Å². The van der Waals surface area contributed by atoms with Crippen LogP contribution in [-0.2, 0) is 26.7 Å². The Morgan fingerprint density at radius 3 is 2.31 bits per heavy atom. The number of nitrogens with zero attached hydrogens (tertiary/aromatic N) is 2. The fourth-order valence-corrected chi connectivity index (χ4v) is 5.93. The Bertz CT molecular complexity index is 1800. The minimum atomic E-state index is -3.59. The van der Waals surface area contributed by atoms with Gasteiger partial charge in [0.25, 0.3) is 0 Å². The molecule has 238 valence electrons. The molecule has 0 unspecified atom stereocenters. The van der Waals surface area contributed by atoms with Crippen LogP contribution >= 0.6 is 0 Å². The van der Waals surface area contributed by atoms with Gasteiger partial charge in [-0.15, -0.1) is 0 Å². The summed E-state index contributed by atoms with van der Waals surface area (Å²) in [6, 6.07) is 20.9. The zero-order valence-corrected chi connectivity index (χ0v) is 27.3. The number of hydrogen-bond acceptors (Lipinski definition) is 7. The highest BCUT2D eigenvalue weighted by Crippen LogP contribution is 2.39. The molecule has 1 fully saturated rings. The fourth-order valence-electron chi connectivity index (χ4n) is 5.30. The minimum absolute atomic E-state index is 0.101. The number of ether oxygens (including phenoxy) is 2. The van der Waals surface area contributed by atoms with E-state index in [-0.39, 0.29) is 22.6 Å². The fraction of sp³-hybridized carbons (Fsp3) is 0.353. The molecule has 3 aromatic carbocycles. The first-order valence-electron chi connectivity index (χ1n) is 15.1. The maximum Gasteiger partial charge on any atom is 0.323 e. The van der Waals surface area contributed by atoms with E-state index in [1.165, 1.54) is 7.11 Å². The standard InChI is InChI=1S/C34H41N5O5S/c1-6-45(41,42)38-31-21-23(34(2,3)4)20-30(32(31)43-5)37-33(40)36-29-15-14-27(25-11-7-8-12-26(25)29)28-13-9-10-24(35-28)22-39-16-18-44-19-17-39/h7-15,20-21,38H,6,16-19,22H2,1-5H3,(H2,36,37,40). The molecule has 0 radical (unpaired) electrons. The number of anilines is 3. The first-order chi connectivity index (χ1) is 21.5. The van der Waals surface area contributed by atoms with Crippen molar-refractivity contribution in [3.8, 4) is 17.0 Å². The lowest BCUT2D eigenvalue weighted by Crippen LogP contribution is -2.35. The van der Waals surface area contributed by atoms with Gasteiger partial charge in [0.05, 0.1) is 54.5 Å². The van der Waals surface area contributed by atoms with E-state index in [1.54, 1.807) is 19.1 Å². The number of pyridine rings is 1. The zero-order valence-electron chi connectivity index (χ0n) is 26.4. The SMILES string of the molecule is CCS(=O)(=O)Nc1cc(C(C)(C)C)cc(NC(=O)Nc2ccc(-c3cccc(CN4CCOCC4)n3)c3ccccc23)c1OC. The average Bonchev–Trinajstić information content (AvgIpc) is 3.01. The highest BCUT2D eigenvalue weighted by molar-refractivity contribution is 7.92. The van der Waals surface area contributed by atoms with E-state index < -0.39 is 16.1 Å². The Morgan fingerprint density at radius 2 is 1.62 bits per heavy atom. The van der Waals surface area contributed by atoms with Gasteiger partial charge in [-0.3, -0.25) is 14.6 Å². The molecule has 2 amide bonds. The molecule has 5 rings (SSSR count). The highest BCUT2D eigenvalue weighted by atomic mass is 32.2. The summed E-state index contributed by atoms with van der Waals surface area (Å²) in [7, 11) is -2.15. The molecule has 4 aromatic rings. The van der Waals surface area contributed by atoms with Gasteiger partial charge in [0.2, 0.25) is 10.0 Å². The van der Waals surface area contributed by atoms with Gasteiger partial charge in [-0.25, -0.2) is 13.2 Å². The lowest BCUT2D eigenvalue weighted by Gasteiger charge is -2.26. The van der Waals surface area contributed by atoms with E-state index in [0.717, 1.165) is 66.1 Å². The number of rotatable bonds is 9. The molecule has 10 nitrogen and oxygen atoms in total. The van der Waals surface area contributed by atoms with Crippen LogP contribution in [0, 0.1) is 0 Å². The summed E-state index contributed by atoms with van der Waals surface area (Å²) in [4.78, 5) is 20.8. The first-order valence-corrected chi connectivity index (χ1v) is 16.7. The number of nitrogens with one attached hydrogen (secondary N) is 3. The molecule has 11 heteroatoms. The summed E-state index contributed by atoms with van der Waals surface area (Å²) in [5.74, 6) is 0.119. The largest absolute Gasteiger partial charge is 0.492 e. The Hall–Kier alpha value is -4.19. The summed E-state index contributed by atoms with van der Waals surface area (Å²) in [5, 5.41) is 7.68. The molecule has 1 saturated heterocycles. The van der Waals surface area contributed by atoms with Crippen LogP contribution in [0.2, 0.25) is 0 Å².